The van der Waals surface area contributed by atoms with E-state index in [1.165, 1.54) is 11.8 Å². The van der Waals surface area contributed by atoms with E-state index < -0.39 is 0 Å². The second kappa shape index (κ2) is 8.50. The zero-order chi connectivity index (χ0) is 19.3. The highest BCUT2D eigenvalue weighted by molar-refractivity contribution is 7.98. The highest BCUT2D eigenvalue weighted by Gasteiger charge is 2.16. The Morgan fingerprint density at radius 3 is 2.61 bits per heavy atom. The fraction of sp³-hybridized carbons (Fsp3) is 0.150. The Morgan fingerprint density at radius 1 is 1.07 bits per heavy atom. The number of para-hydroxylation sites is 2. The quantitative estimate of drug-likeness (QED) is 0.394. The molecule has 0 aliphatic heterocycles. The molecule has 142 valence electrons. The lowest BCUT2D eigenvalue weighted by atomic mass is 10.3. The van der Waals surface area contributed by atoms with Crippen LogP contribution in [-0.2, 0) is 12.4 Å². The van der Waals surface area contributed by atoms with Gasteiger partial charge >= 0.3 is 0 Å². The van der Waals surface area contributed by atoms with Gasteiger partial charge in [-0.15, -0.1) is 10.2 Å². The molecule has 0 N–H and O–H groups in total. The minimum absolute atomic E-state index is 0.244. The van der Waals surface area contributed by atoms with Crippen LogP contribution in [-0.4, -0.2) is 19.9 Å². The average Bonchev–Trinajstić information content (AvgIpc) is 3.32. The SMILES string of the molecule is Cc1cc(CSc2nnc(COc3ccccc3Cl)n2-c2ccccc2)on1. The molecular formula is C20H17ClN4O2S. The third-order valence-electron chi connectivity index (χ3n) is 3.93. The number of halogens is 1. The zero-order valence-electron chi connectivity index (χ0n) is 15.1. The molecule has 0 spiro atoms. The second-order valence-corrected chi connectivity index (χ2v) is 7.36. The first-order chi connectivity index (χ1) is 13.7. The molecule has 0 aliphatic rings. The van der Waals surface area contributed by atoms with Gasteiger partial charge in [-0.1, -0.05) is 58.9 Å². The van der Waals surface area contributed by atoms with Crippen molar-refractivity contribution in [2.45, 2.75) is 24.4 Å². The highest BCUT2D eigenvalue weighted by Crippen LogP contribution is 2.27. The van der Waals surface area contributed by atoms with Crippen LogP contribution in [0, 0.1) is 6.92 Å². The molecule has 8 heteroatoms. The Kier molecular flexibility index (Phi) is 5.64. The Balaban J connectivity index is 1.59. The first kappa shape index (κ1) is 18.6. The summed E-state index contributed by atoms with van der Waals surface area (Å²) >= 11 is 7.71. The molecule has 0 saturated heterocycles. The van der Waals surface area contributed by atoms with E-state index in [1.54, 1.807) is 6.07 Å². The van der Waals surface area contributed by atoms with E-state index in [2.05, 4.69) is 15.4 Å². The van der Waals surface area contributed by atoms with Crippen LogP contribution in [0.2, 0.25) is 5.02 Å². The Bertz CT molecular complexity index is 1070. The molecule has 0 amide bonds. The number of benzene rings is 2. The number of hydrogen-bond donors (Lipinski definition) is 0. The van der Waals surface area contributed by atoms with Crippen LogP contribution in [0.3, 0.4) is 0 Å². The summed E-state index contributed by atoms with van der Waals surface area (Å²) in [6, 6.07) is 19.2. The van der Waals surface area contributed by atoms with E-state index in [9.17, 15) is 0 Å². The number of ether oxygens (including phenoxy) is 1. The van der Waals surface area contributed by atoms with Gasteiger partial charge in [-0.25, -0.2) is 0 Å². The zero-order valence-corrected chi connectivity index (χ0v) is 16.7. The summed E-state index contributed by atoms with van der Waals surface area (Å²) in [6.45, 7) is 2.14. The molecule has 2 aromatic heterocycles. The maximum absolute atomic E-state index is 6.18. The number of rotatable bonds is 7. The average molecular weight is 413 g/mol. The number of hydrogen-bond acceptors (Lipinski definition) is 6. The van der Waals surface area contributed by atoms with Crippen molar-refractivity contribution < 1.29 is 9.26 Å². The molecule has 0 atom stereocenters. The molecular weight excluding hydrogens is 396 g/mol. The minimum Gasteiger partial charge on any atom is -0.484 e. The van der Waals surface area contributed by atoms with Crippen molar-refractivity contribution in [2.75, 3.05) is 0 Å². The maximum Gasteiger partial charge on any atom is 0.196 e. The number of aryl methyl sites for hydroxylation is 1. The molecule has 0 fully saturated rings. The van der Waals surface area contributed by atoms with E-state index >= 15 is 0 Å². The van der Waals surface area contributed by atoms with Gasteiger partial charge in [0.05, 0.1) is 16.5 Å². The van der Waals surface area contributed by atoms with Gasteiger partial charge in [0.25, 0.3) is 0 Å². The summed E-state index contributed by atoms with van der Waals surface area (Å²) < 4.78 is 13.1. The van der Waals surface area contributed by atoms with Crippen molar-refractivity contribution in [3.8, 4) is 11.4 Å². The van der Waals surface area contributed by atoms with Gasteiger partial charge in [-0.2, -0.15) is 0 Å². The van der Waals surface area contributed by atoms with E-state index in [0.717, 1.165) is 22.3 Å². The summed E-state index contributed by atoms with van der Waals surface area (Å²) in [5.74, 6) is 2.69. The van der Waals surface area contributed by atoms with Gasteiger partial charge in [-0.3, -0.25) is 4.57 Å². The standard InChI is InChI=1S/C20H17ClN4O2S/c1-14-11-16(27-24-14)13-28-20-23-22-19(25(20)15-7-3-2-4-8-15)12-26-18-10-6-5-9-17(18)21/h2-11H,12-13H2,1H3. The van der Waals surface area contributed by atoms with Crippen molar-refractivity contribution >= 4 is 23.4 Å². The molecule has 0 bridgehead atoms. The van der Waals surface area contributed by atoms with E-state index in [1.807, 2.05) is 66.1 Å². The predicted octanol–water partition coefficient (Wildman–Crippen LogP) is 5.09. The summed E-state index contributed by atoms with van der Waals surface area (Å²) in [7, 11) is 0. The second-order valence-electron chi connectivity index (χ2n) is 6.01. The van der Waals surface area contributed by atoms with Crippen LogP contribution in [0.5, 0.6) is 5.75 Å². The van der Waals surface area contributed by atoms with Crippen molar-refractivity contribution in [3.63, 3.8) is 0 Å². The van der Waals surface area contributed by atoms with Crippen LogP contribution < -0.4 is 4.74 Å². The summed E-state index contributed by atoms with van der Waals surface area (Å²) in [5, 5.41) is 13.9. The van der Waals surface area contributed by atoms with Gasteiger partial charge in [0.2, 0.25) is 0 Å². The number of nitrogens with zero attached hydrogens (tertiary/aromatic N) is 4. The van der Waals surface area contributed by atoms with Crippen LogP contribution in [0.1, 0.15) is 17.3 Å². The largest absolute Gasteiger partial charge is 0.484 e. The first-order valence-electron chi connectivity index (χ1n) is 8.63. The first-order valence-corrected chi connectivity index (χ1v) is 9.99. The molecule has 28 heavy (non-hydrogen) atoms. The molecule has 0 saturated carbocycles. The van der Waals surface area contributed by atoms with Gasteiger partial charge in [-0.05, 0) is 31.2 Å². The fourth-order valence-electron chi connectivity index (χ4n) is 2.65. The molecule has 4 aromatic rings. The monoisotopic (exact) mass is 412 g/mol. The summed E-state index contributed by atoms with van der Waals surface area (Å²) in [4.78, 5) is 0. The Hall–Kier alpha value is -2.77. The predicted molar refractivity (Wildman–Crippen MR) is 108 cm³/mol. The van der Waals surface area contributed by atoms with Gasteiger partial charge in [0, 0.05) is 11.8 Å². The van der Waals surface area contributed by atoms with Crippen molar-refractivity contribution in [2.24, 2.45) is 0 Å². The lowest BCUT2D eigenvalue weighted by Crippen LogP contribution is -2.06. The maximum atomic E-state index is 6.18. The van der Waals surface area contributed by atoms with Gasteiger partial charge in [0.1, 0.15) is 18.1 Å². The number of aromatic nitrogens is 4. The molecule has 4 rings (SSSR count). The van der Waals surface area contributed by atoms with Crippen LogP contribution in [0.4, 0.5) is 0 Å². The third kappa shape index (κ3) is 4.21. The van der Waals surface area contributed by atoms with Gasteiger partial charge < -0.3 is 9.26 Å². The molecule has 0 unspecified atom stereocenters. The molecule has 2 aromatic carbocycles. The smallest absolute Gasteiger partial charge is 0.196 e. The fourth-order valence-corrected chi connectivity index (χ4v) is 3.68. The van der Waals surface area contributed by atoms with Crippen molar-refractivity contribution in [1.29, 1.82) is 0 Å². The molecule has 0 radical (unpaired) electrons. The van der Waals surface area contributed by atoms with Crippen LogP contribution in [0.25, 0.3) is 5.69 Å². The Labute approximate surface area is 171 Å². The lowest BCUT2D eigenvalue weighted by molar-refractivity contribution is 0.293. The van der Waals surface area contributed by atoms with Crippen molar-refractivity contribution in [3.05, 3.63) is 83.0 Å². The Morgan fingerprint density at radius 2 is 1.86 bits per heavy atom. The molecule has 6 nitrogen and oxygen atoms in total. The van der Waals surface area contributed by atoms with E-state index in [4.69, 9.17) is 20.9 Å². The van der Waals surface area contributed by atoms with E-state index in [-0.39, 0.29) is 6.61 Å². The summed E-state index contributed by atoms with van der Waals surface area (Å²) in [6.07, 6.45) is 0. The topological polar surface area (TPSA) is 66.0 Å². The minimum atomic E-state index is 0.244. The third-order valence-corrected chi connectivity index (χ3v) is 5.19. The van der Waals surface area contributed by atoms with Crippen molar-refractivity contribution in [1.82, 2.24) is 19.9 Å². The van der Waals surface area contributed by atoms with Crippen LogP contribution in [0.15, 0.2) is 70.3 Å². The summed E-state index contributed by atoms with van der Waals surface area (Å²) in [5.41, 5.74) is 1.82. The molecule has 2 heterocycles. The normalized spacial score (nSPS) is 10.9. The highest BCUT2D eigenvalue weighted by atomic mass is 35.5. The van der Waals surface area contributed by atoms with Crippen LogP contribution >= 0.6 is 23.4 Å². The number of thioether (sulfide) groups is 1. The molecule has 0 aliphatic carbocycles. The van der Waals surface area contributed by atoms with E-state index in [0.29, 0.717) is 22.3 Å². The lowest BCUT2D eigenvalue weighted by Gasteiger charge is -2.11. The van der Waals surface area contributed by atoms with Gasteiger partial charge in [0.15, 0.2) is 11.0 Å².